The van der Waals surface area contributed by atoms with Crippen LogP contribution < -0.4 is 29.6 Å². The number of benzene rings is 2. The van der Waals surface area contributed by atoms with Crippen molar-refractivity contribution in [2.24, 2.45) is 11.8 Å². The molecule has 7 heteroatoms. The molecule has 0 aliphatic carbocycles. The van der Waals surface area contributed by atoms with Crippen LogP contribution in [0.2, 0.25) is 0 Å². The summed E-state index contributed by atoms with van der Waals surface area (Å²) >= 11 is 0. The van der Waals surface area contributed by atoms with E-state index in [1.54, 1.807) is 18.2 Å². The van der Waals surface area contributed by atoms with Gasteiger partial charge >= 0.3 is 39.7 Å². The third-order valence-corrected chi connectivity index (χ3v) is 11.3. The average Bonchev–Trinajstić information content (AvgIpc) is 2.78. The van der Waals surface area contributed by atoms with Crippen LogP contribution in [0.4, 0.5) is 0 Å². The van der Waals surface area contributed by atoms with E-state index in [1.807, 2.05) is 24.3 Å². The van der Waals surface area contributed by atoms with E-state index in [1.165, 1.54) is 0 Å². The molecule has 0 radical (unpaired) electrons. The van der Waals surface area contributed by atoms with Crippen molar-refractivity contribution < 1.29 is 47.9 Å². The molecule has 182 valence electrons. The first-order valence-corrected chi connectivity index (χ1v) is 15.7. The molecule has 2 aromatic rings. The van der Waals surface area contributed by atoms with Crippen LogP contribution in [0, 0.1) is 11.8 Å². The van der Waals surface area contributed by atoms with E-state index < -0.39 is 17.5 Å². The van der Waals surface area contributed by atoms with Crippen LogP contribution in [0.5, 0.6) is 0 Å². The van der Waals surface area contributed by atoms with Crippen molar-refractivity contribution in [1.82, 2.24) is 0 Å². The second-order valence-corrected chi connectivity index (χ2v) is 13.3. The van der Waals surface area contributed by atoms with Gasteiger partial charge in [-0.3, -0.25) is 4.57 Å². The maximum Gasteiger partial charge on any atom is 1.00 e. The Morgan fingerprint density at radius 2 is 1.36 bits per heavy atom. The van der Waals surface area contributed by atoms with Crippen molar-refractivity contribution in [3.8, 4) is 0 Å². The van der Waals surface area contributed by atoms with Crippen molar-refractivity contribution in [3.05, 3.63) is 42.5 Å². The van der Waals surface area contributed by atoms with E-state index in [4.69, 9.17) is 3.97 Å². The molecule has 0 fully saturated rings. The average molecular weight is 505 g/mol. The third kappa shape index (κ3) is 9.43. The van der Waals surface area contributed by atoms with Gasteiger partial charge in [0, 0.05) is 17.7 Å². The maximum absolute atomic E-state index is 14.2. The molecule has 0 saturated heterocycles. The quantitative estimate of drug-likeness (QED) is 0.242. The van der Waals surface area contributed by atoms with Gasteiger partial charge in [-0.05, 0) is 36.1 Å². The molecule has 0 aromatic heterocycles. The van der Waals surface area contributed by atoms with E-state index in [0.29, 0.717) is 17.7 Å². The molecule has 2 rings (SSSR count). The Balaban J connectivity index is 0.00000544. The fourth-order valence-corrected chi connectivity index (χ4v) is 9.93. The summed E-state index contributed by atoms with van der Waals surface area (Å²) in [6.45, 7) is 8.48. The predicted molar refractivity (Wildman–Crippen MR) is 137 cm³/mol. The number of rotatable bonds is 15. The molecule has 0 amide bonds. The summed E-state index contributed by atoms with van der Waals surface area (Å²) in [5.41, 5.74) is 0. The zero-order valence-electron chi connectivity index (χ0n) is 22.3. The minimum absolute atomic E-state index is 0. The summed E-state index contributed by atoms with van der Waals surface area (Å²) < 4.78 is 46.8. The van der Waals surface area contributed by atoms with Crippen molar-refractivity contribution in [2.75, 3.05) is 12.3 Å². The summed E-state index contributed by atoms with van der Waals surface area (Å²) in [6.07, 6.45) is 8.63. The first kappa shape index (κ1) is 30.9. The Morgan fingerprint density at radius 3 is 1.88 bits per heavy atom. The molecule has 0 N–H and O–H groups in total. The summed E-state index contributed by atoms with van der Waals surface area (Å²) in [7, 11) is -7.55. The Bertz CT molecular complexity index is 972. The van der Waals surface area contributed by atoms with Crippen molar-refractivity contribution in [1.29, 1.82) is 0 Å². The molecule has 0 spiro atoms. The Labute approximate surface area is 225 Å². The number of hydrogen-bond donors (Lipinski definition) is 0. The van der Waals surface area contributed by atoms with Gasteiger partial charge in [-0.25, -0.2) is 3.97 Å². The van der Waals surface area contributed by atoms with Crippen molar-refractivity contribution >= 4 is 28.3 Å². The first-order valence-electron chi connectivity index (χ1n) is 12.3. The van der Waals surface area contributed by atoms with Gasteiger partial charge in [0.1, 0.15) is 4.90 Å². The second kappa shape index (κ2) is 15.1. The minimum Gasteiger partial charge on any atom is -1.00 e. The van der Waals surface area contributed by atoms with Crippen LogP contribution >= 0.6 is 7.37 Å². The topological polar surface area (TPSA) is 60.4 Å². The Kier molecular flexibility index (Phi) is 14.1. The van der Waals surface area contributed by atoms with Gasteiger partial charge in [-0.1, -0.05) is 103 Å². The summed E-state index contributed by atoms with van der Waals surface area (Å²) in [5, 5.41) is 1.44. The van der Waals surface area contributed by atoms with Crippen molar-refractivity contribution in [3.63, 3.8) is 0 Å². The fraction of sp³-hybridized carbons (Fsp3) is 0.615. The number of unbranched alkanes of at least 4 members (excludes halogenated alkanes) is 2. The standard InChI is InChI=1S/C26H41O4PS.Na.H/c1-5-9-14-22(7-3)20-31(27,21-23(8-4)15-10-6-2)30-32(28,29)26-19-13-17-24-16-11-12-18-25(24)26;;/h11-13,16-19,22-23H,5-10,14-15,20-21H2,1-4H3;;/q;+1;-1. The van der Waals surface area contributed by atoms with Crippen LogP contribution in [-0.4, -0.2) is 20.7 Å². The summed E-state index contributed by atoms with van der Waals surface area (Å²) in [4.78, 5) is 0.110. The molecule has 0 bridgehead atoms. The minimum atomic E-state index is -4.16. The van der Waals surface area contributed by atoms with Gasteiger partial charge in [-0.2, -0.15) is 8.42 Å². The Hall–Kier alpha value is -0.160. The van der Waals surface area contributed by atoms with E-state index in [0.717, 1.165) is 56.8 Å². The molecular formula is C26H42NaO4PS. The van der Waals surface area contributed by atoms with Gasteiger partial charge in [0.2, 0.25) is 7.37 Å². The van der Waals surface area contributed by atoms with Crippen LogP contribution in [0.3, 0.4) is 0 Å². The molecule has 2 atom stereocenters. The van der Waals surface area contributed by atoms with Crippen LogP contribution in [0.25, 0.3) is 10.8 Å². The monoisotopic (exact) mass is 504 g/mol. The van der Waals surface area contributed by atoms with Gasteiger partial charge < -0.3 is 1.43 Å². The second-order valence-electron chi connectivity index (χ2n) is 9.02. The molecule has 4 nitrogen and oxygen atoms in total. The first-order chi connectivity index (χ1) is 15.3. The summed E-state index contributed by atoms with van der Waals surface area (Å²) in [6, 6.07) is 12.5. The fourth-order valence-electron chi connectivity index (χ4n) is 4.39. The zero-order valence-corrected chi connectivity index (χ0v) is 25.0. The molecule has 33 heavy (non-hydrogen) atoms. The summed E-state index contributed by atoms with van der Waals surface area (Å²) in [5.74, 6) is 0.430. The van der Waals surface area contributed by atoms with Gasteiger partial charge in [-0.15, -0.1) is 0 Å². The van der Waals surface area contributed by atoms with E-state index in [2.05, 4.69) is 27.7 Å². The van der Waals surface area contributed by atoms with Crippen LogP contribution in [0.15, 0.2) is 47.4 Å². The van der Waals surface area contributed by atoms with Crippen LogP contribution in [0.1, 0.15) is 80.5 Å². The third-order valence-electron chi connectivity index (χ3n) is 6.41. The van der Waals surface area contributed by atoms with Crippen molar-refractivity contribution in [2.45, 2.75) is 84.0 Å². The molecule has 2 aromatic carbocycles. The number of hydrogen-bond acceptors (Lipinski definition) is 4. The molecule has 0 aliphatic rings. The molecular weight excluding hydrogens is 462 g/mol. The smallest absolute Gasteiger partial charge is 1.00 e. The van der Waals surface area contributed by atoms with Gasteiger partial charge in [0.15, 0.2) is 0 Å². The maximum atomic E-state index is 14.2. The predicted octanol–water partition coefficient (Wildman–Crippen LogP) is 5.37. The van der Waals surface area contributed by atoms with E-state index >= 15 is 0 Å². The molecule has 0 saturated carbocycles. The largest absolute Gasteiger partial charge is 1.00 e. The molecule has 0 heterocycles. The van der Waals surface area contributed by atoms with E-state index in [9.17, 15) is 13.0 Å². The van der Waals surface area contributed by atoms with Crippen LogP contribution in [-0.2, 0) is 18.7 Å². The zero-order chi connectivity index (χ0) is 23.6. The van der Waals surface area contributed by atoms with E-state index in [-0.39, 0.29) is 47.7 Å². The number of fused-ring (bicyclic) bond motifs is 1. The van der Waals surface area contributed by atoms with Gasteiger partial charge in [0.05, 0.1) is 0 Å². The van der Waals surface area contributed by atoms with Gasteiger partial charge in [0.25, 0.3) is 0 Å². The molecule has 0 aliphatic heterocycles. The normalized spacial score (nSPS) is 15.5. The Morgan fingerprint density at radius 1 is 0.848 bits per heavy atom. The molecule has 2 unspecified atom stereocenters. The SMILES string of the molecule is CCCCC(CC)CP(=O)(CC(CC)CCCC)OS(=O)(=O)c1cccc2ccccc12.[H-].[Na+].